The first kappa shape index (κ1) is 24.1. The number of hydrogen-bond acceptors (Lipinski definition) is 7. The zero-order chi connectivity index (χ0) is 26.5. The van der Waals surface area contributed by atoms with Gasteiger partial charge in [0.2, 0.25) is 0 Å². The van der Waals surface area contributed by atoms with Crippen molar-refractivity contribution < 1.29 is 9.53 Å². The highest BCUT2D eigenvalue weighted by atomic mass is 32.2. The lowest BCUT2D eigenvalue weighted by Gasteiger charge is -2.25. The van der Waals surface area contributed by atoms with E-state index < -0.39 is 0 Å². The number of aromatic nitrogens is 5. The molecule has 8 nitrogen and oxygen atoms in total. The Kier molecular flexibility index (Phi) is 5.96. The quantitative estimate of drug-likeness (QED) is 0.278. The highest BCUT2D eigenvalue weighted by Crippen LogP contribution is 2.51. The van der Waals surface area contributed by atoms with Gasteiger partial charge in [-0.3, -0.25) is 9.36 Å². The highest BCUT2D eigenvalue weighted by molar-refractivity contribution is 8.08. The number of thioether (sulfide) groups is 1. The average Bonchev–Trinajstić information content (AvgIpc) is 3.49. The van der Waals surface area contributed by atoms with Crippen molar-refractivity contribution in [2.75, 3.05) is 6.61 Å². The third kappa shape index (κ3) is 3.95. The summed E-state index contributed by atoms with van der Waals surface area (Å²) in [4.78, 5) is 42.1. The molecule has 39 heavy (non-hydrogen) atoms. The van der Waals surface area contributed by atoms with E-state index in [9.17, 15) is 9.59 Å². The van der Waals surface area contributed by atoms with Crippen LogP contribution in [0.4, 0.5) is 0 Å². The van der Waals surface area contributed by atoms with Crippen LogP contribution in [0.5, 0.6) is 0 Å². The first-order chi connectivity index (χ1) is 19.1. The molecule has 0 radical (unpaired) electrons. The second-order valence-corrected chi connectivity index (χ2v) is 11.3. The van der Waals surface area contributed by atoms with Crippen molar-refractivity contribution in [3.63, 3.8) is 0 Å². The maximum Gasteiger partial charge on any atom is 0.337 e. The molecule has 4 heterocycles. The van der Waals surface area contributed by atoms with Crippen LogP contribution in [0.25, 0.3) is 38.3 Å². The fourth-order valence-corrected chi connectivity index (χ4v) is 7.55. The fraction of sp³-hybridized carbons (Fsp3) is 0.300. The Morgan fingerprint density at radius 1 is 1.00 bits per heavy atom. The van der Waals surface area contributed by atoms with Gasteiger partial charge >= 0.3 is 5.97 Å². The number of carbonyl (C=O) groups excluding carboxylic acids is 1. The molecule has 9 heteroatoms. The van der Waals surface area contributed by atoms with Gasteiger partial charge in [-0.2, -0.15) is 0 Å². The highest BCUT2D eigenvalue weighted by Gasteiger charge is 2.42. The smallest absolute Gasteiger partial charge is 0.337 e. The molecule has 196 valence electrons. The summed E-state index contributed by atoms with van der Waals surface area (Å²) >= 11 is 1.61. The summed E-state index contributed by atoms with van der Waals surface area (Å²) in [7, 11) is 0. The van der Waals surface area contributed by atoms with Crippen LogP contribution < -0.4 is 5.56 Å². The van der Waals surface area contributed by atoms with E-state index in [-0.39, 0.29) is 22.7 Å². The molecular weight excluding hydrogens is 510 g/mol. The molecule has 7 rings (SSSR count). The van der Waals surface area contributed by atoms with E-state index >= 15 is 0 Å². The fourth-order valence-electron chi connectivity index (χ4n) is 5.93. The molecule has 2 aromatic carbocycles. The van der Waals surface area contributed by atoms with Gasteiger partial charge in [0.15, 0.2) is 11.3 Å². The van der Waals surface area contributed by atoms with Crippen LogP contribution in [-0.2, 0) is 16.1 Å². The summed E-state index contributed by atoms with van der Waals surface area (Å²) in [5, 5.41) is 1.31. The molecule has 1 aliphatic heterocycles. The molecule has 1 fully saturated rings. The van der Waals surface area contributed by atoms with Crippen LogP contribution >= 0.6 is 11.8 Å². The Labute approximate surface area is 228 Å². The van der Waals surface area contributed by atoms with Crippen molar-refractivity contribution in [2.45, 2.75) is 44.4 Å². The summed E-state index contributed by atoms with van der Waals surface area (Å²) < 4.78 is 8.98. The molecule has 0 N–H and O–H groups in total. The molecule has 1 saturated carbocycles. The number of ether oxygens (including phenoxy) is 1. The summed E-state index contributed by atoms with van der Waals surface area (Å²) in [6, 6.07) is 17.7. The largest absolute Gasteiger partial charge is 0.463 e. The van der Waals surface area contributed by atoms with Gasteiger partial charge < -0.3 is 9.30 Å². The van der Waals surface area contributed by atoms with Gasteiger partial charge in [0.1, 0.15) is 17.2 Å². The SMILES string of the molecule is CCOC(=O)C1=C(n2cnc3c(c2=O)c2nc4ccccc4nc2n3Cc2ccccc2)S[C@H]2CCCC[C@H]12. The summed E-state index contributed by atoms with van der Waals surface area (Å²) in [5.41, 5.74) is 4.57. The van der Waals surface area contributed by atoms with Gasteiger partial charge in [0.05, 0.1) is 34.8 Å². The monoisotopic (exact) mass is 537 g/mol. The predicted molar refractivity (Wildman–Crippen MR) is 153 cm³/mol. The van der Waals surface area contributed by atoms with Crippen molar-refractivity contribution in [3.8, 4) is 0 Å². The maximum atomic E-state index is 14.3. The normalized spacial score (nSPS) is 19.2. The van der Waals surface area contributed by atoms with Crippen molar-refractivity contribution >= 4 is 56.0 Å². The van der Waals surface area contributed by atoms with Crippen LogP contribution in [0.15, 0.2) is 71.3 Å². The number of rotatable bonds is 5. The number of esters is 1. The van der Waals surface area contributed by atoms with Crippen molar-refractivity contribution in [1.82, 2.24) is 24.1 Å². The van der Waals surface area contributed by atoms with Gasteiger partial charge in [0, 0.05) is 11.2 Å². The Morgan fingerprint density at radius 2 is 1.74 bits per heavy atom. The number of carbonyl (C=O) groups is 1. The van der Waals surface area contributed by atoms with E-state index in [0.29, 0.717) is 51.5 Å². The van der Waals surface area contributed by atoms with E-state index in [0.717, 1.165) is 36.8 Å². The van der Waals surface area contributed by atoms with Crippen LogP contribution in [0.3, 0.4) is 0 Å². The molecule has 2 atom stereocenters. The van der Waals surface area contributed by atoms with E-state index in [1.165, 1.54) is 0 Å². The van der Waals surface area contributed by atoms with Crippen molar-refractivity contribution in [2.24, 2.45) is 5.92 Å². The van der Waals surface area contributed by atoms with E-state index in [2.05, 4.69) is 0 Å². The van der Waals surface area contributed by atoms with E-state index in [1.54, 1.807) is 22.7 Å². The molecule has 5 aromatic rings. The molecule has 0 bridgehead atoms. The average molecular weight is 538 g/mol. The van der Waals surface area contributed by atoms with Crippen LogP contribution in [0.2, 0.25) is 0 Å². The number of benzene rings is 2. The molecule has 1 aliphatic carbocycles. The topological polar surface area (TPSA) is 91.9 Å². The Balaban J connectivity index is 1.49. The lowest BCUT2D eigenvalue weighted by molar-refractivity contribution is -0.139. The summed E-state index contributed by atoms with van der Waals surface area (Å²) in [6.45, 7) is 2.60. The lowest BCUT2D eigenvalue weighted by Crippen LogP contribution is -2.25. The third-order valence-electron chi connectivity index (χ3n) is 7.72. The number of nitrogens with zero attached hydrogens (tertiary/aromatic N) is 5. The summed E-state index contributed by atoms with van der Waals surface area (Å²) in [6.07, 6.45) is 5.69. The van der Waals surface area contributed by atoms with E-state index in [4.69, 9.17) is 19.7 Å². The second-order valence-electron chi connectivity index (χ2n) is 10.1. The van der Waals surface area contributed by atoms with E-state index in [1.807, 2.05) is 66.1 Å². The van der Waals surface area contributed by atoms with Crippen LogP contribution in [0, 0.1) is 5.92 Å². The minimum absolute atomic E-state index is 0.0866. The first-order valence-corrected chi connectivity index (χ1v) is 14.3. The molecule has 2 aliphatic rings. The Hall–Kier alpha value is -3.98. The molecule has 3 aromatic heterocycles. The number of para-hydroxylation sites is 2. The summed E-state index contributed by atoms with van der Waals surface area (Å²) in [5.74, 6) is -0.248. The molecule has 0 saturated heterocycles. The molecule has 0 unspecified atom stereocenters. The lowest BCUT2D eigenvalue weighted by atomic mass is 9.84. The van der Waals surface area contributed by atoms with Gasteiger partial charge in [-0.05, 0) is 37.5 Å². The van der Waals surface area contributed by atoms with Gasteiger partial charge in [-0.1, -0.05) is 55.3 Å². The predicted octanol–water partition coefficient (Wildman–Crippen LogP) is 5.38. The minimum Gasteiger partial charge on any atom is -0.463 e. The van der Waals surface area contributed by atoms with Gasteiger partial charge in [-0.25, -0.2) is 19.7 Å². The zero-order valence-electron chi connectivity index (χ0n) is 21.5. The Bertz CT molecular complexity index is 1840. The zero-order valence-corrected chi connectivity index (χ0v) is 22.4. The standard InChI is InChI=1S/C30H27N5O3S/c1-2-38-30(37)23-19-12-6-9-15-22(19)39-29(23)35-17-31-26-24(28(35)36)25-27(33-21-14-8-7-13-20(21)32-25)34(26)16-18-10-4-3-5-11-18/h3-5,7-8,10-11,13-14,17,19,22H,2,6,9,12,15-16H2,1H3/t19-,22-/m0/s1. The van der Waals surface area contributed by atoms with Crippen LogP contribution in [-0.4, -0.2) is 41.9 Å². The second kappa shape index (κ2) is 9.64. The van der Waals surface area contributed by atoms with Crippen LogP contribution in [0.1, 0.15) is 38.2 Å². The molecule has 0 spiro atoms. The first-order valence-electron chi connectivity index (χ1n) is 13.4. The number of hydrogen-bond donors (Lipinski definition) is 0. The Morgan fingerprint density at radius 3 is 2.54 bits per heavy atom. The minimum atomic E-state index is -0.335. The van der Waals surface area contributed by atoms with Gasteiger partial charge in [0.25, 0.3) is 5.56 Å². The van der Waals surface area contributed by atoms with Gasteiger partial charge in [-0.15, -0.1) is 11.8 Å². The maximum absolute atomic E-state index is 14.3. The molecular formula is C30H27N5O3S. The molecule has 0 amide bonds. The third-order valence-corrected chi connectivity index (χ3v) is 9.22. The van der Waals surface area contributed by atoms with Crippen molar-refractivity contribution in [1.29, 1.82) is 0 Å². The van der Waals surface area contributed by atoms with Crippen molar-refractivity contribution in [3.05, 3.63) is 82.4 Å². The number of fused-ring (bicyclic) bond motifs is 5.